The van der Waals surface area contributed by atoms with Crippen molar-refractivity contribution in [2.75, 3.05) is 4.72 Å². The third kappa shape index (κ3) is 4.25. The van der Waals surface area contributed by atoms with Crippen LogP contribution >= 0.6 is 0 Å². The number of carbonyl (C=O) groups is 1. The Hall–Kier alpha value is -2.48. The van der Waals surface area contributed by atoms with E-state index in [0.717, 1.165) is 6.20 Å². The molecule has 0 fully saturated rings. The van der Waals surface area contributed by atoms with Gasteiger partial charge in [-0.1, -0.05) is 30.3 Å². The van der Waals surface area contributed by atoms with Crippen LogP contribution in [-0.2, 0) is 27.0 Å². The lowest BCUT2D eigenvalue weighted by Gasteiger charge is -2.07. The van der Waals surface area contributed by atoms with Crippen molar-refractivity contribution in [1.29, 1.82) is 0 Å². The number of aldehydes is 1. The molecule has 8 heteroatoms. The second-order valence-electron chi connectivity index (χ2n) is 4.29. The van der Waals surface area contributed by atoms with Gasteiger partial charge in [-0.15, -0.1) is 0 Å². The minimum Gasteiger partial charge on any atom is -0.308 e. The van der Waals surface area contributed by atoms with Crippen LogP contribution in [0.25, 0.3) is 0 Å². The maximum atomic E-state index is 12.0. The summed E-state index contributed by atoms with van der Waals surface area (Å²) in [7, 11) is -3.71. The van der Waals surface area contributed by atoms with Gasteiger partial charge in [-0.05, 0) is 5.56 Å². The predicted octanol–water partition coefficient (Wildman–Crippen LogP) is 0.453. The molecule has 0 bridgehead atoms. The van der Waals surface area contributed by atoms with Gasteiger partial charge in [0, 0.05) is 0 Å². The summed E-state index contributed by atoms with van der Waals surface area (Å²) in [6, 6.07) is 8.59. The highest BCUT2D eigenvalue weighted by atomic mass is 32.2. The fraction of sp³-hybridized carbons (Fsp3) is 0.154. The van der Waals surface area contributed by atoms with Crippen LogP contribution in [0.5, 0.6) is 0 Å². The highest BCUT2D eigenvalue weighted by Gasteiger charge is 2.14. The lowest BCUT2D eigenvalue weighted by molar-refractivity contribution is -0.107. The van der Waals surface area contributed by atoms with E-state index in [2.05, 4.69) is 14.7 Å². The second kappa shape index (κ2) is 6.31. The Kier molecular flexibility index (Phi) is 4.49. The van der Waals surface area contributed by atoms with E-state index in [0.29, 0.717) is 11.8 Å². The van der Waals surface area contributed by atoms with Crippen LogP contribution < -0.4 is 10.3 Å². The van der Waals surface area contributed by atoms with Crippen LogP contribution in [-0.4, -0.2) is 24.7 Å². The van der Waals surface area contributed by atoms with Gasteiger partial charge in [0.15, 0.2) is 0 Å². The molecule has 0 atom stereocenters. The Morgan fingerprint density at radius 1 is 1.24 bits per heavy atom. The fourth-order valence-electron chi connectivity index (χ4n) is 1.68. The van der Waals surface area contributed by atoms with Crippen molar-refractivity contribution >= 4 is 22.0 Å². The van der Waals surface area contributed by atoms with Crippen LogP contribution in [0.15, 0.2) is 41.3 Å². The Morgan fingerprint density at radius 2 is 1.95 bits per heavy atom. The summed E-state index contributed by atoms with van der Waals surface area (Å²) < 4.78 is 26.2. The zero-order valence-corrected chi connectivity index (χ0v) is 11.8. The number of anilines is 1. The lowest BCUT2D eigenvalue weighted by Crippen LogP contribution is -2.22. The third-order valence-electron chi connectivity index (χ3n) is 2.59. The average Bonchev–Trinajstić information content (AvgIpc) is 2.43. The summed E-state index contributed by atoms with van der Waals surface area (Å²) in [6.07, 6.45) is 1.66. The zero-order valence-electron chi connectivity index (χ0n) is 10.9. The van der Waals surface area contributed by atoms with E-state index in [-0.39, 0.29) is 23.7 Å². The van der Waals surface area contributed by atoms with Crippen LogP contribution in [0.1, 0.15) is 11.4 Å². The summed E-state index contributed by atoms with van der Waals surface area (Å²) in [5, 5.41) is 0. The third-order valence-corrected chi connectivity index (χ3v) is 3.84. The first-order valence-electron chi connectivity index (χ1n) is 6.06. The van der Waals surface area contributed by atoms with Crippen LogP contribution in [0.3, 0.4) is 0 Å². The maximum Gasteiger partial charge on any atom is 0.275 e. The number of sulfonamides is 1. The molecule has 2 aromatic rings. The van der Waals surface area contributed by atoms with Crippen LogP contribution in [0.2, 0.25) is 0 Å². The number of nitrogens with one attached hydrogen (secondary N) is 2. The van der Waals surface area contributed by atoms with Gasteiger partial charge in [-0.3, -0.25) is 9.52 Å². The van der Waals surface area contributed by atoms with Gasteiger partial charge in [-0.25, -0.2) is 13.4 Å². The molecule has 0 spiro atoms. The summed E-state index contributed by atoms with van der Waals surface area (Å²) in [4.78, 5) is 28.2. The highest BCUT2D eigenvalue weighted by molar-refractivity contribution is 7.91. The molecule has 2 N–H and O–H groups in total. The van der Waals surface area contributed by atoms with E-state index in [9.17, 15) is 18.0 Å². The summed E-state index contributed by atoms with van der Waals surface area (Å²) >= 11 is 0. The monoisotopic (exact) mass is 307 g/mol. The van der Waals surface area contributed by atoms with Gasteiger partial charge < -0.3 is 9.78 Å². The normalized spacial score (nSPS) is 11.0. The van der Waals surface area contributed by atoms with Crippen molar-refractivity contribution in [1.82, 2.24) is 9.97 Å². The minimum absolute atomic E-state index is 0.0354. The van der Waals surface area contributed by atoms with Crippen molar-refractivity contribution in [3.05, 3.63) is 58.3 Å². The quantitative estimate of drug-likeness (QED) is 0.753. The topological polar surface area (TPSA) is 109 Å². The molecule has 0 saturated heterocycles. The summed E-state index contributed by atoms with van der Waals surface area (Å²) in [5.74, 6) is -0.0652. The molecule has 0 aliphatic carbocycles. The van der Waals surface area contributed by atoms with Crippen molar-refractivity contribution in [2.24, 2.45) is 0 Å². The number of aromatic amines is 1. The second-order valence-corrected chi connectivity index (χ2v) is 6.01. The molecular weight excluding hydrogens is 294 g/mol. The maximum absolute atomic E-state index is 12.0. The summed E-state index contributed by atoms with van der Waals surface area (Å²) in [5.41, 5.74) is -0.217. The Morgan fingerprint density at radius 3 is 2.57 bits per heavy atom. The van der Waals surface area contributed by atoms with Gasteiger partial charge in [0.2, 0.25) is 10.0 Å². The van der Waals surface area contributed by atoms with Gasteiger partial charge >= 0.3 is 0 Å². The first kappa shape index (κ1) is 14.9. The Bertz CT molecular complexity index is 785. The largest absolute Gasteiger partial charge is 0.308 e. The van der Waals surface area contributed by atoms with Crippen molar-refractivity contribution in [3.63, 3.8) is 0 Å². The molecule has 1 heterocycles. The number of benzene rings is 1. The van der Waals surface area contributed by atoms with E-state index in [1.54, 1.807) is 30.3 Å². The smallest absolute Gasteiger partial charge is 0.275 e. The SMILES string of the molecule is O=CCc1ncc(NS(=O)(=O)Cc2ccccc2)c(=O)[nH]1. The molecule has 7 nitrogen and oxygen atoms in total. The van der Waals surface area contributed by atoms with Crippen LogP contribution in [0.4, 0.5) is 5.69 Å². The molecule has 0 saturated carbocycles. The molecule has 0 radical (unpaired) electrons. The number of hydrogen-bond donors (Lipinski definition) is 2. The van der Waals surface area contributed by atoms with E-state index in [1.165, 1.54) is 0 Å². The molecular formula is C13H13N3O4S. The average molecular weight is 307 g/mol. The van der Waals surface area contributed by atoms with E-state index in [4.69, 9.17) is 0 Å². The molecule has 0 unspecified atom stereocenters. The first-order valence-corrected chi connectivity index (χ1v) is 7.71. The lowest BCUT2D eigenvalue weighted by atomic mass is 10.2. The highest BCUT2D eigenvalue weighted by Crippen LogP contribution is 2.08. The number of carbonyl (C=O) groups excluding carboxylic acids is 1. The standard InChI is InChI=1S/C13H13N3O4S/c17-7-6-12-14-8-11(13(18)15-12)16-21(19,20)9-10-4-2-1-3-5-10/h1-5,7-8,16H,6,9H2,(H,14,15,18). The van der Waals surface area contributed by atoms with Gasteiger partial charge in [0.05, 0.1) is 18.4 Å². The van der Waals surface area contributed by atoms with Crippen molar-refractivity contribution in [2.45, 2.75) is 12.2 Å². The molecule has 110 valence electrons. The number of rotatable bonds is 6. The fourth-order valence-corrected chi connectivity index (χ4v) is 2.87. The molecule has 0 amide bonds. The molecule has 0 aliphatic rings. The molecule has 1 aromatic carbocycles. The number of H-pyrrole nitrogens is 1. The molecule has 0 aliphatic heterocycles. The molecule has 2 rings (SSSR count). The van der Waals surface area contributed by atoms with E-state index in [1.807, 2.05) is 0 Å². The number of nitrogens with zero attached hydrogens (tertiary/aromatic N) is 1. The predicted molar refractivity (Wildman–Crippen MR) is 77.3 cm³/mol. The Labute approximate surface area is 121 Å². The zero-order chi connectivity index (χ0) is 15.3. The van der Waals surface area contributed by atoms with Crippen molar-refractivity contribution in [3.8, 4) is 0 Å². The van der Waals surface area contributed by atoms with Crippen molar-refractivity contribution < 1.29 is 13.2 Å². The Balaban J connectivity index is 2.17. The van der Waals surface area contributed by atoms with E-state index >= 15 is 0 Å². The van der Waals surface area contributed by atoms with E-state index < -0.39 is 15.6 Å². The number of hydrogen-bond acceptors (Lipinski definition) is 5. The summed E-state index contributed by atoms with van der Waals surface area (Å²) in [6.45, 7) is 0. The van der Waals surface area contributed by atoms with Crippen LogP contribution in [0, 0.1) is 0 Å². The van der Waals surface area contributed by atoms with Gasteiger partial charge in [-0.2, -0.15) is 0 Å². The number of aromatic nitrogens is 2. The molecule has 21 heavy (non-hydrogen) atoms. The first-order chi connectivity index (χ1) is 10.00. The van der Waals surface area contributed by atoms with Gasteiger partial charge in [0.25, 0.3) is 5.56 Å². The molecule has 1 aromatic heterocycles. The minimum atomic E-state index is -3.71. The van der Waals surface area contributed by atoms with Gasteiger partial charge in [0.1, 0.15) is 17.8 Å².